The Morgan fingerprint density at radius 1 is 1.21 bits per heavy atom. The van der Waals surface area contributed by atoms with Gasteiger partial charge in [0.05, 0.1) is 10.6 Å². The van der Waals surface area contributed by atoms with Crippen LogP contribution in [0.1, 0.15) is 39.2 Å². The lowest BCUT2D eigenvalue weighted by Gasteiger charge is -2.06. The summed E-state index contributed by atoms with van der Waals surface area (Å²) >= 11 is 1.46. The molecule has 0 fully saturated rings. The molecule has 0 atom stereocenters. The third kappa shape index (κ3) is 7.93. The Morgan fingerprint density at radius 3 is 2.37 bits per heavy atom. The zero-order valence-electron chi connectivity index (χ0n) is 11.5. The molecular formula is C14H20F3NS. The molecule has 108 valence electrons. The summed E-state index contributed by atoms with van der Waals surface area (Å²) in [5.74, 6) is 0.828. The predicted molar refractivity (Wildman–Crippen MR) is 75.4 cm³/mol. The molecule has 0 radical (unpaired) electrons. The Labute approximate surface area is 117 Å². The first-order valence-electron chi connectivity index (χ1n) is 6.35. The minimum Gasteiger partial charge on any atom is -0.249 e. The Kier molecular flexibility index (Phi) is 9.39. The van der Waals surface area contributed by atoms with Gasteiger partial charge in [0.15, 0.2) is 0 Å². The van der Waals surface area contributed by atoms with E-state index in [-0.39, 0.29) is 0 Å². The zero-order valence-corrected chi connectivity index (χ0v) is 12.3. The Hall–Kier alpha value is -0.970. The molecule has 0 aliphatic rings. The maximum atomic E-state index is 12.3. The highest BCUT2D eigenvalue weighted by atomic mass is 32.2. The lowest BCUT2D eigenvalue weighted by molar-refractivity contribution is -0.137. The third-order valence-corrected chi connectivity index (χ3v) is 2.98. The Bertz CT molecular complexity index is 358. The zero-order chi connectivity index (χ0) is 14.7. The maximum Gasteiger partial charge on any atom is 0.417 e. The van der Waals surface area contributed by atoms with Gasteiger partial charge in [0.1, 0.15) is 0 Å². The second-order valence-corrected chi connectivity index (χ2v) is 4.51. The fourth-order valence-electron chi connectivity index (χ4n) is 1.15. The molecule has 0 aromatic carbocycles. The number of nitrogens with zero attached hydrogens (tertiary/aromatic N) is 1. The van der Waals surface area contributed by atoms with Gasteiger partial charge < -0.3 is 0 Å². The molecular weight excluding hydrogens is 271 g/mol. The quantitative estimate of drug-likeness (QED) is 0.399. The van der Waals surface area contributed by atoms with E-state index in [9.17, 15) is 13.2 Å². The molecule has 0 N–H and O–H groups in total. The molecule has 0 amide bonds. The normalized spacial score (nSPS) is 11.3. The van der Waals surface area contributed by atoms with Crippen LogP contribution in [0.5, 0.6) is 0 Å². The van der Waals surface area contributed by atoms with E-state index in [2.05, 4.69) is 24.1 Å². The van der Waals surface area contributed by atoms with E-state index in [1.807, 2.05) is 13.8 Å². The number of rotatable bonds is 5. The van der Waals surface area contributed by atoms with Crippen molar-refractivity contribution in [2.75, 3.05) is 5.75 Å². The average Bonchev–Trinajstić information content (AvgIpc) is 2.40. The first-order chi connectivity index (χ1) is 9.04. The summed E-state index contributed by atoms with van der Waals surface area (Å²) in [4.78, 5) is 3.78. The molecule has 0 unspecified atom stereocenters. The monoisotopic (exact) mass is 291 g/mol. The minimum atomic E-state index is -4.31. The van der Waals surface area contributed by atoms with E-state index in [4.69, 9.17) is 0 Å². The van der Waals surface area contributed by atoms with Crippen LogP contribution >= 0.6 is 11.8 Å². The van der Waals surface area contributed by atoms with E-state index in [1.54, 1.807) is 0 Å². The number of hydrogen-bond acceptors (Lipinski definition) is 2. The van der Waals surface area contributed by atoms with Crippen molar-refractivity contribution in [3.05, 3.63) is 36.0 Å². The van der Waals surface area contributed by atoms with Gasteiger partial charge in [0, 0.05) is 11.9 Å². The molecule has 1 aromatic rings. The van der Waals surface area contributed by atoms with E-state index in [1.165, 1.54) is 17.8 Å². The van der Waals surface area contributed by atoms with Crippen LogP contribution in [-0.2, 0) is 6.18 Å². The highest BCUT2D eigenvalue weighted by Gasteiger charge is 2.30. The van der Waals surface area contributed by atoms with Gasteiger partial charge in [0.25, 0.3) is 0 Å². The van der Waals surface area contributed by atoms with E-state index < -0.39 is 11.7 Å². The number of hydrogen-bond donors (Lipinski definition) is 0. The van der Waals surface area contributed by atoms with Gasteiger partial charge in [0.2, 0.25) is 0 Å². The molecule has 0 aliphatic carbocycles. The van der Waals surface area contributed by atoms with Crippen molar-refractivity contribution in [1.29, 1.82) is 0 Å². The molecule has 1 rings (SSSR count). The molecule has 0 saturated carbocycles. The summed E-state index contributed by atoms with van der Waals surface area (Å²) in [5.41, 5.74) is -0.701. The van der Waals surface area contributed by atoms with Crippen molar-refractivity contribution < 1.29 is 13.2 Å². The molecule has 1 aromatic heterocycles. The van der Waals surface area contributed by atoms with Gasteiger partial charge >= 0.3 is 6.18 Å². The fraction of sp³-hybridized carbons (Fsp3) is 0.500. The van der Waals surface area contributed by atoms with E-state index in [0.717, 1.165) is 30.9 Å². The van der Waals surface area contributed by atoms with Gasteiger partial charge in [-0.3, -0.25) is 0 Å². The summed E-state index contributed by atoms with van der Waals surface area (Å²) in [6.07, 6.45) is 2.62. The summed E-state index contributed by atoms with van der Waals surface area (Å²) in [7, 11) is 0. The SMILES string of the molecule is CC.CC/C=C/CCSc1ccc(C(F)(F)F)cn1. The second kappa shape index (κ2) is 9.89. The van der Waals surface area contributed by atoms with Crippen LogP contribution in [0.15, 0.2) is 35.5 Å². The summed E-state index contributed by atoms with van der Waals surface area (Å²) in [5, 5.41) is 0.628. The van der Waals surface area contributed by atoms with E-state index >= 15 is 0 Å². The third-order valence-electron chi connectivity index (χ3n) is 2.00. The average molecular weight is 291 g/mol. The lowest BCUT2D eigenvalue weighted by Crippen LogP contribution is -2.05. The Morgan fingerprint density at radius 2 is 1.89 bits per heavy atom. The van der Waals surface area contributed by atoms with Crippen LogP contribution in [0.25, 0.3) is 0 Å². The number of halogens is 3. The molecule has 5 heteroatoms. The van der Waals surface area contributed by atoms with Gasteiger partial charge in [-0.2, -0.15) is 13.2 Å². The molecule has 0 bridgehead atoms. The van der Waals surface area contributed by atoms with Crippen molar-refractivity contribution in [2.24, 2.45) is 0 Å². The lowest BCUT2D eigenvalue weighted by atomic mass is 10.3. The first-order valence-corrected chi connectivity index (χ1v) is 7.33. The number of thioether (sulfide) groups is 1. The number of alkyl halides is 3. The Balaban J connectivity index is 0.00000154. The van der Waals surface area contributed by atoms with Crippen molar-refractivity contribution in [3.63, 3.8) is 0 Å². The van der Waals surface area contributed by atoms with Crippen molar-refractivity contribution in [3.8, 4) is 0 Å². The number of allylic oxidation sites excluding steroid dienone is 2. The summed E-state index contributed by atoms with van der Waals surface area (Å²) in [6, 6.07) is 2.48. The van der Waals surface area contributed by atoms with Crippen molar-refractivity contribution in [1.82, 2.24) is 4.98 Å². The number of pyridine rings is 1. The topological polar surface area (TPSA) is 12.9 Å². The highest BCUT2D eigenvalue weighted by molar-refractivity contribution is 7.99. The molecule has 1 nitrogen and oxygen atoms in total. The van der Waals surface area contributed by atoms with Crippen molar-refractivity contribution in [2.45, 2.75) is 44.8 Å². The van der Waals surface area contributed by atoms with Crippen LogP contribution in [-0.4, -0.2) is 10.7 Å². The van der Waals surface area contributed by atoms with Crippen molar-refractivity contribution >= 4 is 11.8 Å². The van der Waals surface area contributed by atoms with Crippen LogP contribution in [0.2, 0.25) is 0 Å². The molecule has 19 heavy (non-hydrogen) atoms. The van der Waals surface area contributed by atoms with Gasteiger partial charge in [-0.05, 0) is 25.0 Å². The molecule has 1 heterocycles. The summed E-state index contributed by atoms with van der Waals surface area (Å²) < 4.78 is 36.8. The molecule has 0 aliphatic heterocycles. The van der Waals surface area contributed by atoms with E-state index in [0.29, 0.717) is 5.03 Å². The fourth-order valence-corrected chi connectivity index (χ4v) is 1.90. The minimum absolute atomic E-state index is 0.628. The predicted octanol–water partition coefficient (Wildman–Crippen LogP) is 5.58. The second-order valence-electron chi connectivity index (χ2n) is 3.40. The standard InChI is InChI=1S/C12H14F3NS.C2H6/c1-2-3-4-5-8-17-11-7-6-10(9-16-11)12(13,14)15;1-2/h3-4,6-7,9H,2,5,8H2,1H3;1-2H3/b4-3+;. The maximum absolute atomic E-state index is 12.3. The van der Waals surface area contributed by atoms with Crippen LogP contribution in [0.4, 0.5) is 13.2 Å². The van der Waals surface area contributed by atoms with Gasteiger partial charge in [-0.25, -0.2) is 4.98 Å². The molecule has 0 spiro atoms. The smallest absolute Gasteiger partial charge is 0.249 e. The highest BCUT2D eigenvalue weighted by Crippen LogP contribution is 2.29. The van der Waals surface area contributed by atoms with Gasteiger partial charge in [-0.15, -0.1) is 11.8 Å². The number of aromatic nitrogens is 1. The molecule has 0 saturated heterocycles. The largest absolute Gasteiger partial charge is 0.417 e. The first kappa shape index (κ1) is 18.0. The van der Waals surface area contributed by atoms with Gasteiger partial charge in [-0.1, -0.05) is 32.9 Å². The van der Waals surface area contributed by atoms with Crippen LogP contribution in [0.3, 0.4) is 0 Å². The summed E-state index contributed by atoms with van der Waals surface area (Å²) in [6.45, 7) is 6.06. The van der Waals surface area contributed by atoms with Crippen LogP contribution < -0.4 is 0 Å². The van der Waals surface area contributed by atoms with Crippen LogP contribution in [0, 0.1) is 0 Å².